The van der Waals surface area contributed by atoms with E-state index in [1.807, 2.05) is 27.7 Å². The molecule has 112 valence electrons. The molecule has 3 nitrogen and oxygen atoms in total. The van der Waals surface area contributed by atoms with Crippen molar-refractivity contribution in [2.24, 2.45) is 0 Å². The van der Waals surface area contributed by atoms with Crippen molar-refractivity contribution in [1.29, 1.82) is 0 Å². The molecule has 0 aliphatic rings. The predicted octanol–water partition coefficient (Wildman–Crippen LogP) is 4.39. The molecule has 0 heterocycles. The van der Waals surface area contributed by atoms with Crippen molar-refractivity contribution < 1.29 is 13.2 Å². The van der Waals surface area contributed by atoms with Crippen LogP contribution in [0.25, 0.3) is 0 Å². The summed E-state index contributed by atoms with van der Waals surface area (Å²) in [5.74, 6) is 0.738. The van der Waals surface area contributed by atoms with E-state index in [-0.39, 0.29) is 10.8 Å². The Hall–Kier alpha value is -1.00. The molecule has 0 spiro atoms. The van der Waals surface area contributed by atoms with Crippen LogP contribution in [0.5, 0.6) is 5.75 Å². The molecule has 0 saturated carbocycles. The summed E-state index contributed by atoms with van der Waals surface area (Å²) >= 11 is 0. The Kier molecular flexibility index (Phi) is 5.66. The molecule has 0 bridgehead atoms. The highest BCUT2D eigenvalue weighted by Gasteiger charge is 2.20. The van der Waals surface area contributed by atoms with Crippen LogP contribution in [0.4, 0.5) is 0 Å². The Labute approximate surface area is 126 Å². The first-order valence-corrected chi connectivity index (χ1v) is 8.80. The molecule has 0 unspecified atom stereocenters. The van der Waals surface area contributed by atoms with Crippen LogP contribution in [0.3, 0.4) is 0 Å². The molecule has 0 aliphatic carbocycles. The predicted molar refractivity (Wildman–Crippen MR) is 83.2 cm³/mol. The molecular weight excluding hydrogens is 296 g/mol. The Morgan fingerprint density at radius 2 is 2.00 bits per heavy atom. The fourth-order valence-electron chi connectivity index (χ4n) is 1.83. The van der Waals surface area contributed by atoms with Gasteiger partial charge in [-0.15, -0.1) is 6.58 Å². The van der Waals surface area contributed by atoms with Crippen LogP contribution in [-0.4, -0.2) is 15.0 Å². The second kappa shape index (κ2) is 6.64. The maximum atomic E-state index is 11.6. The van der Waals surface area contributed by atoms with Gasteiger partial charge >= 0.3 is 0 Å². The Balaban J connectivity index is 3.17. The monoisotopic (exact) mass is 316 g/mol. The van der Waals surface area contributed by atoms with Gasteiger partial charge in [0.2, 0.25) is 0 Å². The smallest absolute Gasteiger partial charge is 0.261 e. The van der Waals surface area contributed by atoms with Gasteiger partial charge in [0.05, 0.1) is 11.5 Å². The molecule has 1 aromatic carbocycles. The van der Waals surface area contributed by atoms with Gasteiger partial charge in [0.25, 0.3) is 9.05 Å². The van der Waals surface area contributed by atoms with E-state index >= 15 is 0 Å². The molecule has 0 radical (unpaired) electrons. The zero-order valence-electron chi connectivity index (χ0n) is 12.4. The third kappa shape index (κ3) is 4.53. The summed E-state index contributed by atoms with van der Waals surface area (Å²) in [6, 6.07) is 3.35. The third-order valence-electron chi connectivity index (χ3n) is 2.98. The average molecular weight is 317 g/mol. The zero-order valence-corrected chi connectivity index (χ0v) is 13.9. The molecule has 0 amide bonds. The van der Waals surface area contributed by atoms with Gasteiger partial charge in [-0.3, -0.25) is 0 Å². The highest BCUT2D eigenvalue weighted by atomic mass is 35.7. The number of halogens is 1. The van der Waals surface area contributed by atoms with Gasteiger partial charge in [0.15, 0.2) is 0 Å². The first-order chi connectivity index (χ1) is 9.12. The van der Waals surface area contributed by atoms with E-state index in [4.69, 9.17) is 15.4 Å². The zero-order chi connectivity index (χ0) is 15.5. The van der Waals surface area contributed by atoms with E-state index in [0.717, 1.165) is 17.6 Å². The Morgan fingerprint density at radius 3 is 2.45 bits per heavy atom. The van der Waals surface area contributed by atoms with Crippen molar-refractivity contribution in [3.63, 3.8) is 0 Å². The molecule has 1 aromatic rings. The lowest BCUT2D eigenvalue weighted by Gasteiger charge is -2.16. The topological polar surface area (TPSA) is 43.4 Å². The quantitative estimate of drug-likeness (QED) is 0.577. The summed E-state index contributed by atoms with van der Waals surface area (Å²) in [5.41, 5.74) is 2.48. The lowest BCUT2D eigenvalue weighted by Crippen LogP contribution is -2.05. The first-order valence-electron chi connectivity index (χ1n) is 6.49. The van der Waals surface area contributed by atoms with Gasteiger partial charge in [-0.25, -0.2) is 8.42 Å². The molecule has 20 heavy (non-hydrogen) atoms. The van der Waals surface area contributed by atoms with Gasteiger partial charge in [-0.1, -0.05) is 19.4 Å². The molecule has 1 rings (SSSR count). The number of rotatable bonds is 6. The van der Waals surface area contributed by atoms with Crippen LogP contribution in [0.2, 0.25) is 0 Å². The minimum atomic E-state index is -3.75. The van der Waals surface area contributed by atoms with E-state index in [1.165, 1.54) is 0 Å². The molecule has 0 aliphatic heterocycles. The van der Waals surface area contributed by atoms with Crippen LogP contribution >= 0.6 is 10.7 Å². The lowest BCUT2D eigenvalue weighted by atomic mass is 10.0. The van der Waals surface area contributed by atoms with Gasteiger partial charge < -0.3 is 4.74 Å². The number of benzene rings is 1. The second-order valence-corrected chi connectivity index (χ2v) is 7.84. The van der Waals surface area contributed by atoms with Crippen molar-refractivity contribution in [2.45, 2.75) is 44.9 Å². The fraction of sp³-hybridized carbons (Fsp3) is 0.467. The van der Waals surface area contributed by atoms with Gasteiger partial charge in [-0.05, 0) is 43.0 Å². The first kappa shape index (κ1) is 17.1. The van der Waals surface area contributed by atoms with Crippen molar-refractivity contribution in [3.05, 3.63) is 35.4 Å². The van der Waals surface area contributed by atoms with Gasteiger partial charge in [0.1, 0.15) is 5.75 Å². The SMILES string of the molecule is C=C(C)CCOc1cc(C(C)C)c(S(=O)(=O)Cl)cc1C. The largest absolute Gasteiger partial charge is 0.493 e. The summed E-state index contributed by atoms with van der Waals surface area (Å²) in [7, 11) is 1.75. The van der Waals surface area contributed by atoms with Crippen molar-refractivity contribution in [1.82, 2.24) is 0 Å². The van der Waals surface area contributed by atoms with E-state index in [9.17, 15) is 8.42 Å². The highest BCUT2D eigenvalue weighted by molar-refractivity contribution is 8.13. The van der Waals surface area contributed by atoms with E-state index in [1.54, 1.807) is 12.1 Å². The minimum absolute atomic E-state index is 0.0441. The maximum absolute atomic E-state index is 11.6. The van der Waals surface area contributed by atoms with E-state index < -0.39 is 9.05 Å². The van der Waals surface area contributed by atoms with Crippen molar-refractivity contribution in [2.75, 3.05) is 6.61 Å². The Bertz CT molecular complexity index is 604. The standard InChI is InChI=1S/C15H21ClO3S/c1-10(2)6-7-19-14-9-13(11(3)4)15(8-12(14)5)20(16,17)18/h8-9,11H,1,6-7H2,2-5H3. The third-order valence-corrected chi connectivity index (χ3v) is 4.36. The fourth-order valence-corrected chi connectivity index (χ4v) is 3.12. The molecule has 0 atom stereocenters. The number of ether oxygens (including phenoxy) is 1. The van der Waals surface area contributed by atoms with Crippen LogP contribution in [0.1, 0.15) is 44.2 Å². The molecule has 0 fully saturated rings. The van der Waals surface area contributed by atoms with E-state index in [0.29, 0.717) is 17.9 Å². The lowest BCUT2D eigenvalue weighted by molar-refractivity contribution is 0.319. The minimum Gasteiger partial charge on any atom is -0.493 e. The molecule has 0 aromatic heterocycles. The summed E-state index contributed by atoms with van der Waals surface area (Å²) in [4.78, 5) is 0.166. The summed E-state index contributed by atoms with van der Waals surface area (Å²) in [5, 5.41) is 0. The number of hydrogen-bond acceptors (Lipinski definition) is 3. The van der Waals surface area contributed by atoms with Crippen molar-refractivity contribution >= 4 is 19.7 Å². The Morgan fingerprint density at radius 1 is 1.40 bits per heavy atom. The maximum Gasteiger partial charge on any atom is 0.261 e. The number of aryl methyl sites for hydroxylation is 1. The summed E-state index contributed by atoms with van der Waals surface area (Å²) < 4.78 is 29.0. The molecule has 0 saturated heterocycles. The van der Waals surface area contributed by atoms with Crippen LogP contribution in [0.15, 0.2) is 29.2 Å². The van der Waals surface area contributed by atoms with Crippen molar-refractivity contribution in [3.8, 4) is 5.75 Å². The van der Waals surface area contributed by atoms with Gasteiger partial charge in [-0.2, -0.15) is 0 Å². The van der Waals surface area contributed by atoms with E-state index in [2.05, 4.69) is 6.58 Å². The number of hydrogen-bond donors (Lipinski definition) is 0. The summed E-state index contributed by atoms with van der Waals surface area (Å²) in [6.07, 6.45) is 0.770. The van der Waals surface area contributed by atoms with Crippen LogP contribution < -0.4 is 4.74 Å². The van der Waals surface area contributed by atoms with Crippen LogP contribution in [-0.2, 0) is 9.05 Å². The van der Waals surface area contributed by atoms with Crippen LogP contribution in [0, 0.1) is 6.92 Å². The summed E-state index contributed by atoms with van der Waals surface area (Å²) in [6.45, 7) is 12.0. The average Bonchev–Trinajstić information content (AvgIpc) is 2.28. The second-order valence-electron chi connectivity index (χ2n) is 5.30. The van der Waals surface area contributed by atoms with Gasteiger partial charge in [0, 0.05) is 17.1 Å². The molecular formula is C15H21ClO3S. The molecule has 5 heteroatoms. The normalized spacial score (nSPS) is 11.7. The highest BCUT2D eigenvalue weighted by Crippen LogP contribution is 2.32. The molecule has 0 N–H and O–H groups in total.